The Balaban J connectivity index is 1.97. The molecule has 0 saturated carbocycles. The van der Waals surface area contributed by atoms with E-state index >= 15 is 0 Å². The fourth-order valence-corrected chi connectivity index (χ4v) is 4.42. The zero-order valence-corrected chi connectivity index (χ0v) is 17.5. The summed E-state index contributed by atoms with van der Waals surface area (Å²) in [5.74, 6) is 0.0942. The molecule has 0 aliphatic carbocycles. The molecule has 156 valence electrons. The highest BCUT2D eigenvalue weighted by Gasteiger charge is 2.25. The zero-order valence-electron chi connectivity index (χ0n) is 16.7. The van der Waals surface area contributed by atoms with Crippen LogP contribution in [-0.2, 0) is 23.1 Å². The number of methoxy groups -OCH3 is 1. The lowest BCUT2D eigenvalue weighted by Crippen LogP contribution is -2.30. The number of benzene rings is 3. The number of hydrogen-bond acceptors (Lipinski definition) is 4. The maximum atomic E-state index is 13.4. The number of rotatable bonds is 8. The summed E-state index contributed by atoms with van der Waals surface area (Å²) in [6.07, 6.45) is 0. The van der Waals surface area contributed by atoms with Crippen molar-refractivity contribution in [1.82, 2.24) is 4.31 Å². The summed E-state index contributed by atoms with van der Waals surface area (Å²) in [4.78, 5) is 11.6. The van der Waals surface area contributed by atoms with Crippen molar-refractivity contribution in [1.29, 1.82) is 0 Å². The molecule has 0 spiro atoms. The number of hydrogen-bond donors (Lipinski definition) is 0. The molecule has 3 rings (SSSR count). The summed E-state index contributed by atoms with van der Waals surface area (Å²) in [5, 5.41) is 0. The molecule has 0 atom stereocenters. The molecule has 0 amide bonds. The van der Waals surface area contributed by atoms with Gasteiger partial charge in [0.1, 0.15) is 11.6 Å². The highest BCUT2D eigenvalue weighted by Crippen LogP contribution is 2.23. The molecule has 30 heavy (non-hydrogen) atoms. The average molecular weight is 427 g/mol. The van der Waals surface area contributed by atoms with E-state index in [0.717, 1.165) is 5.56 Å². The molecule has 3 aromatic rings. The van der Waals surface area contributed by atoms with Gasteiger partial charge in [0.05, 0.1) is 12.0 Å². The SMILES string of the molecule is COc1cccc(CN(Cc2ccc(F)cc2)S(=O)(=O)c2ccc(C(C)=O)cc2)c1. The monoisotopic (exact) mass is 427 g/mol. The Hall–Kier alpha value is -3.03. The zero-order chi connectivity index (χ0) is 21.7. The lowest BCUT2D eigenvalue weighted by molar-refractivity contribution is 0.101. The third-order valence-corrected chi connectivity index (χ3v) is 6.47. The van der Waals surface area contributed by atoms with Gasteiger partial charge in [0.2, 0.25) is 10.0 Å². The molecule has 0 fully saturated rings. The molecule has 0 aliphatic heterocycles. The molecule has 0 bridgehead atoms. The summed E-state index contributed by atoms with van der Waals surface area (Å²) >= 11 is 0. The second-order valence-electron chi connectivity index (χ2n) is 6.83. The van der Waals surface area contributed by atoms with E-state index in [1.807, 2.05) is 6.07 Å². The van der Waals surface area contributed by atoms with E-state index in [4.69, 9.17) is 4.74 Å². The first kappa shape index (κ1) is 21.7. The van der Waals surface area contributed by atoms with Crippen molar-refractivity contribution < 1.29 is 22.3 Å². The van der Waals surface area contributed by atoms with Gasteiger partial charge in [-0.15, -0.1) is 0 Å². The summed E-state index contributed by atoms with van der Waals surface area (Å²) in [6.45, 7) is 1.59. The van der Waals surface area contributed by atoms with E-state index in [1.165, 1.54) is 47.6 Å². The summed E-state index contributed by atoms with van der Waals surface area (Å²) in [5.41, 5.74) is 1.84. The quantitative estimate of drug-likeness (QED) is 0.499. The first-order valence-corrected chi connectivity index (χ1v) is 10.7. The number of carbonyl (C=O) groups excluding carboxylic acids is 1. The molecule has 0 aromatic heterocycles. The van der Waals surface area contributed by atoms with Crippen LogP contribution >= 0.6 is 0 Å². The maximum absolute atomic E-state index is 13.4. The van der Waals surface area contributed by atoms with Crippen LogP contribution in [0.5, 0.6) is 5.75 Å². The molecule has 0 aliphatic rings. The van der Waals surface area contributed by atoms with Gasteiger partial charge in [-0.05, 0) is 54.4 Å². The van der Waals surface area contributed by atoms with Gasteiger partial charge in [0.25, 0.3) is 0 Å². The molecule has 0 heterocycles. The average Bonchev–Trinajstić information content (AvgIpc) is 2.75. The number of ketones is 1. The van der Waals surface area contributed by atoms with Gasteiger partial charge in [-0.1, -0.05) is 36.4 Å². The molecule has 0 saturated heterocycles. The molecule has 7 heteroatoms. The van der Waals surface area contributed by atoms with Crippen LogP contribution in [0.2, 0.25) is 0 Å². The molecule has 0 unspecified atom stereocenters. The molecule has 0 N–H and O–H groups in total. The van der Waals surface area contributed by atoms with Crippen LogP contribution in [0.15, 0.2) is 77.7 Å². The summed E-state index contributed by atoms with van der Waals surface area (Å²) in [7, 11) is -2.34. The Morgan fingerprint density at radius 2 is 1.57 bits per heavy atom. The van der Waals surface area contributed by atoms with Gasteiger partial charge < -0.3 is 4.74 Å². The van der Waals surface area contributed by atoms with Crippen molar-refractivity contribution in [2.45, 2.75) is 24.9 Å². The van der Waals surface area contributed by atoms with Crippen molar-refractivity contribution in [2.24, 2.45) is 0 Å². The topological polar surface area (TPSA) is 63.7 Å². The number of ether oxygens (including phenoxy) is 1. The third-order valence-electron chi connectivity index (χ3n) is 4.66. The lowest BCUT2D eigenvalue weighted by atomic mass is 10.2. The number of Topliss-reactive ketones (excluding diaryl/α,β-unsaturated/α-hetero) is 1. The minimum absolute atomic E-state index is 0.0638. The van der Waals surface area contributed by atoms with Crippen molar-refractivity contribution in [3.63, 3.8) is 0 Å². The van der Waals surface area contributed by atoms with Gasteiger partial charge >= 0.3 is 0 Å². The van der Waals surface area contributed by atoms with Crippen molar-refractivity contribution in [2.75, 3.05) is 7.11 Å². The summed E-state index contributed by atoms with van der Waals surface area (Å²) < 4.78 is 46.6. The van der Waals surface area contributed by atoms with Crippen LogP contribution in [-0.4, -0.2) is 25.6 Å². The van der Waals surface area contributed by atoms with Crippen molar-refractivity contribution in [3.05, 3.63) is 95.3 Å². The Kier molecular flexibility index (Phi) is 6.64. The Labute approximate surface area is 175 Å². The smallest absolute Gasteiger partial charge is 0.243 e. The fourth-order valence-electron chi connectivity index (χ4n) is 3.00. The number of nitrogens with zero attached hydrogens (tertiary/aromatic N) is 1. The molecular weight excluding hydrogens is 405 g/mol. The highest BCUT2D eigenvalue weighted by atomic mass is 32.2. The van der Waals surface area contributed by atoms with E-state index in [2.05, 4.69) is 0 Å². The second-order valence-corrected chi connectivity index (χ2v) is 8.77. The number of carbonyl (C=O) groups is 1. The first-order chi connectivity index (χ1) is 14.3. The Morgan fingerprint density at radius 3 is 2.17 bits per heavy atom. The minimum Gasteiger partial charge on any atom is -0.497 e. The molecule has 0 radical (unpaired) electrons. The Bertz CT molecular complexity index is 1130. The van der Waals surface area contributed by atoms with Gasteiger partial charge in [0, 0.05) is 18.7 Å². The van der Waals surface area contributed by atoms with E-state index < -0.39 is 10.0 Å². The van der Waals surface area contributed by atoms with E-state index in [-0.39, 0.29) is 29.6 Å². The Morgan fingerprint density at radius 1 is 0.933 bits per heavy atom. The first-order valence-electron chi connectivity index (χ1n) is 9.28. The van der Waals surface area contributed by atoms with Crippen LogP contribution < -0.4 is 4.74 Å². The van der Waals surface area contributed by atoms with E-state index in [9.17, 15) is 17.6 Å². The normalized spacial score (nSPS) is 11.5. The van der Waals surface area contributed by atoms with Crippen LogP contribution in [0, 0.1) is 5.82 Å². The maximum Gasteiger partial charge on any atom is 0.243 e. The molecule has 5 nitrogen and oxygen atoms in total. The van der Waals surface area contributed by atoms with Gasteiger partial charge in [0.15, 0.2) is 5.78 Å². The minimum atomic E-state index is -3.88. The predicted octanol–water partition coefficient (Wildman–Crippen LogP) is 4.43. The predicted molar refractivity (Wildman–Crippen MR) is 112 cm³/mol. The van der Waals surface area contributed by atoms with Gasteiger partial charge in [-0.25, -0.2) is 12.8 Å². The van der Waals surface area contributed by atoms with Gasteiger partial charge in [-0.3, -0.25) is 4.79 Å². The van der Waals surface area contributed by atoms with Crippen LogP contribution in [0.25, 0.3) is 0 Å². The van der Waals surface area contributed by atoms with Crippen LogP contribution in [0.3, 0.4) is 0 Å². The summed E-state index contributed by atoms with van der Waals surface area (Å²) in [6, 6.07) is 18.7. The second kappa shape index (κ2) is 9.19. The van der Waals surface area contributed by atoms with Gasteiger partial charge in [-0.2, -0.15) is 4.31 Å². The van der Waals surface area contributed by atoms with E-state index in [1.54, 1.807) is 37.4 Å². The number of sulfonamides is 1. The lowest BCUT2D eigenvalue weighted by Gasteiger charge is -2.23. The van der Waals surface area contributed by atoms with E-state index in [0.29, 0.717) is 16.9 Å². The molecular formula is C23H22FNO4S. The van der Waals surface area contributed by atoms with Crippen molar-refractivity contribution >= 4 is 15.8 Å². The fraction of sp³-hybridized carbons (Fsp3) is 0.174. The van der Waals surface area contributed by atoms with Crippen LogP contribution in [0.4, 0.5) is 4.39 Å². The highest BCUT2D eigenvalue weighted by molar-refractivity contribution is 7.89. The molecule has 3 aromatic carbocycles. The van der Waals surface area contributed by atoms with Crippen molar-refractivity contribution in [3.8, 4) is 5.75 Å². The third kappa shape index (κ3) is 5.11. The largest absolute Gasteiger partial charge is 0.497 e. The van der Waals surface area contributed by atoms with Crippen LogP contribution in [0.1, 0.15) is 28.4 Å². The number of halogens is 1. The standard InChI is InChI=1S/C23H22FNO4S/c1-17(26)20-8-12-23(13-9-20)30(27,28)25(15-18-6-10-21(24)11-7-18)16-19-4-3-5-22(14-19)29-2/h3-14H,15-16H2,1-2H3.